The summed E-state index contributed by atoms with van der Waals surface area (Å²) in [5, 5.41) is 10.8. The highest BCUT2D eigenvalue weighted by molar-refractivity contribution is 6.11. The molecule has 8 nitrogen and oxygen atoms in total. The highest BCUT2D eigenvalue weighted by atomic mass is 16.1. The first-order valence-corrected chi connectivity index (χ1v) is 9.83. The lowest BCUT2D eigenvalue weighted by Gasteiger charge is -2.30. The summed E-state index contributed by atoms with van der Waals surface area (Å²) < 4.78 is 0. The number of aromatic nitrogens is 4. The smallest absolute Gasteiger partial charge is 0.276 e. The Morgan fingerprint density at radius 2 is 2.03 bits per heavy atom. The van der Waals surface area contributed by atoms with E-state index in [-0.39, 0.29) is 5.91 Å². The monoisotopic (exact) mass is 399 g/mol. The highest BCUT2D eigenvalue weighted by Crippen LogP contribution is 2.26. The minimum absolute atomic E-state index is 0.273. The molecule has 0 aliphatic carbocycles. The Labute approximate surface area is 173 Å². The summed E-state index contributed by atoms with van der Waals surface area (Å²) in [5.41, 5.74) is 11.0. The molecule has 1 aliphatic heterocycles. The molecule has 0 spiro atoms. The summed E-state index contributed by atoms with van der Waals surface area (Å²) in [5.74, 6) is -0.273. The van der Waals surface area contributed by atoms with Crippen LogP contribution in [0.15, 0.2) is 55.0 Å². The van der Waals surface area contributed by atoms with E-state index in [0.29, 0.717) is 17.1 Å². The number of benzene rings is 1. The van der Waals surface area contributed by atoms with Crippen molar-refractivity contribution in [3.8, 4) is 11.1 Å². The second-order valence-corrected chi connectivity index (χ2v) is 7.46. The summed E-state index contributed by atoms with van der Waals surface area (Å²) in [4.78, 5) is 23.8. The van der Waals surface area contributed by atoms with Crippen molar-refractivity contribution in [3.05, 3.63) is 66.4 Å². The SMILES string of the molecule is Nc1cncc(-c2ccc3[nH]nc(C(=O)Nc4ccnc(CN5CCC5)c4)c3c2)c1. The van der Waals surface area contributed by atoms with Crippen LogP contribution in [-0.2, 0) is 6.54 Å². The van der Waals surface area contributed by atoms with Gasteiger partial charge in [0, 0.05) is 41.8 Å². The minimum Gasteiger partial charge on any atom is -0.397 e. The maximum absolute atomic E-state index is 12.9. The summed E-state index contributed by atoms with van der Waals surface area (Å²) in [7, 11) is 0. The number of carbonyl (C=O) groups excluding carboxylic acids is 1. The molecule has 4 aromatic rings. The van der Waals surface area contributed by atoms with Gasteiger partial charge >= 0.3 is 0 Å². The van der Waals surface area contributed by atoms with Crippen molar-refractivity contribution in [2.75, 3.05) is 24.1 Å². The molecular formula is C22H21N7O. The minimum atomic E-state index is -0.273. The first kappa shape index (κ1) is 18.3. The number of pyridine rings is 2. The van der Waals surface area contributed by atoms with Crippen LogP contribution in [0.2, 0.25) is 0 Å². The number of hydrogen-bond acceptors (Lipinski definition) is 6. The molecule has 4 N–H and O–H groups in total. The normalized spacial score (nSPS) is 13.9. The van der Waals surface area contributed by atoms with Crippen LogP contribution >= 0.6 is 0 Å². The summed E-state index contributed by atoms with van der Waals surface area (Å²) >= 11 is 0. The quantitative estimate of drug-likeness (QED) is 0.475. The van der Waals surface area contributed by atoms with Crippen molar-refractivity contribution in [2.24, 2.45) is 0 Å². The topological polar surface area (TPSA) is 113 Å². The van der Waals surface area contributed by atoms with Gasteiger partial charge in [-0.15, -0.1) is 0 Å². The molecule has 0 radical (unpaired) electrons. The second-order valence-electron chi connectivity index (χ2n) is 7.46. The van der Waals surface area contributed by atoms with E-state index in [2.05, 4.69) is 30.4 Å². The lowest BCUT2D eigenvalue weighted by Crippen LogP contribution is -2.36. The zero-order valence-electron chi connectivity index (χ0n) is 16.3. The van der Waals surface area contributed by atoms with Crippen LogP contribution in [0.5, 0.6) is 0 Å². The maximum atomic E-state index is 12.9. The van der Waals surface area contributed by atoms with Gasteiger partial charge in [0.2, 0.25) is 0 Å². The summed E-state index contributed by atoms with van der Waals surface area (Å²) in [6.07, 6.45) is 6.30. The number of nitrogens with two attached hydrogens (primary N) is 1. The van der Waals surface area contributed by atoms with Gasteiger partial charge < -0.3 is 11.1 Å². The van der Waals surface area contributed by atoms with Crippen molar-refractivity contribution in [1.82, 2.24) is 25.1 Å². The fourth-order valence-electron chi connectivity index (χ4n) is 3.58. The molecule has 0 bridgehead atoms. The van der Waals surface area contributed by atoms with E-state index in [1.54, 1.807) is 24.7 Å². The fourth-order valence-corrected chi connectivity index (χ4v) is 3.58. The molecule has 1 saturated heterocycles. The van der Waals surface area contributed by atoms with Crippen LogP contribution in [0.4, 0.5) is 11.4 Å². The zero-order chi connectivity index (χ0) is 20.5. The van der Waals surface area contributed by atoms with Crippen LogP contribution in [0.25, 0.3) is 22.0 Å². The maximum Gasteiger partial charge on any atom is 0.276 e. The van der Waals surface area contributed by atoms with Crippen molar-refractivity contribution in [3.63, 3.8) is 0 Å². The number of nitrogens with one attached hydrogen (secondary N) is 2. The van der Waals surface area contributed by atoms with Gasteiger partial charge in [-0.1, -0.05) is 6.07 Å². The van der Waals surface area contributed by atoms with Crippen LogP contribution in [0.1, 0.15) is 22.6 Å². The predicted molar refractivity (Wildman–Crippen MR) is 116 cm³/mol. The molecule has 1 amide bonds. The number of nitrogens with zero attached hydrogens (tertiary/aromatic N) is 4. The average Bonchev–Trinajstić information content (AvgIpc) is 3.14. The van der Waals surface area contributed by atoms with Crippen LogP contribution in [0.3, 0.4) is 0 Å². The fraction of sp³-hybridized carbons (Fsp3) is 0.182. The molecule has 3 aromatic heterocycles. The van der Waals surface area contributed by atoms with Gasteiger partial charge in [0.15, 0.2) is 5.69 Å². The number of anilines is 2. The molecular weight excluding hydrogens is 378 g/mol. The number of rotatable bonds is 5. The first-order valence-electron chi connectivity index (χ1n) is 9.83. The van der Waals surface area contributed by atoms with Gasteiger partial charge in [-0.05, 0) is 55.4 Å². The lowest BCUT2D eigenvalue weighted by atomic mass is 10.0. The third-order valence-corrected chi connectivity index (χ3v) is 5.28. The Morgan fingerprint density at radius 3 is 2.83 bits per heavy atom. The van der Waals surface area contributed by atoms with Crippen LogP contribution in [-0.4, -0.2) is 44.1 Å². The predicted octanol–water partition coefficient (Wildman–Crippen LogP) is 3.06. The molecule has 0 unspecified atom stereocenters. The number of nitrogen functional groups attached to an aromatic ring is 1. The Balaban J connectivity index is 1.41. The van der Waals surface area contributed by atoms with E-state index < -0.39 is 0 Å². The average molecular weight is 399 g/mol. The molecule has 0 saturated carbocycles. The zero-order valence-corrected chi connectivity index (χ0v) is 16.3. The van der Waals surface area contributed by atoms with E-state index in [4.69, 9.17) is 5.73 Å². The van der Waals surface area contributed by atoms with Gasteiger partial charge in [0.25, 0.3) is 5.91 Å². The van der Waals surface area contributed by atoms with Crippen molar-refractivity contribution in [1.29, 1.82) is 0 Å². The first-order chi connectivity index (χ1) is 14.7. The van der Waals surface area contributed by atoms with Gasteiger partial charge in [-0.3, -0.25) is 24.8 Å². The third-order valence-electron chi connectivity index (χ3n) is 5.28. The number of carbonyl (C=O) groups is 1. The standard InChI is InChI=1S/C22H21N7O/c23-16-8-15(11-24-12-16)14-2-3-20-19(9-14)21(28-27-20)22(30)26-17-4-5-25-18(10-17)13-29-6-1-7-29/h2-5,8-12H,1,6-7,13,23H2,(H,27,28)(H,25,26,30). The van der Waals surface area contributed by atoms with Crippen molar-refractivity contribution in [2.45, 2.75) is 13.0 Å². The largest absolute Gasteiger partial charge is 0.397 e. The van der Waals surface area contributed by atoms with E-state index in [1.807, 2.05) is 30.3 Å². The van der Waals surface area contributed by atoms with Gasteiger partial charge in [-0.25, -0.2) is 0 Å². The molecule has 5 rings (SSSR count). The number of hydrogen-bond donors (Lipinski definition) is 3. The molecule has 8 heteroatoms. The van der Waals surface area contributed by atoms with Crippen LogP contribution < -0.4 is 11.1 Å². The number of likely N-dealkylation sites (tertiary alicyclic amines) is 1. The van der Waals surface area contributed by atoms with E-state index in [9.17, 15) is 4.79 Å². The van der Waals surface area contributed by atoms with Gasteiger partial charge in [0.1, 0.15) is 0 Å². The number of fused-ring (bicyclic) bond motifs is 1. The molecule has 4 heterocycles. The van der Waals surface area contributed by atoms with Crippen molar-refractivity contribution < 1.29 is 4.79 Å². The second kappa shape index (κ2) is 7.57. The Morgan fingerprint density at radius 1 is 1.13 bits per heavy atom. The number of amides is 1. The Hall–Kier alpha value is -3.78. The molecule has 1 aromatic carbocycles. The van der Waals surface area contributed by atoms with E-state index in [0.717, 1.165) is 47.4 Å². The molecule has 30 heavy (non-hydrogen) atoms. The molecule has 0 atom stereocenters. The lowest BCUT2D eigenvalue weighted by molar-refractivity contribution is 0.102. The molecule has 150 valence electrons. The van der Waals surface area contributed by atoms with E-state index in [1.165, 1.54) is 6.42 Å². The number of H-pyrrole nitrogens is 1. The molecule has 1 aliphatic rings. The van der Waals surface area contributed by atoms with E-state index >= 15 is 0 Å². The Kier molecular flexibility index (Phi) is 4.61. The highest BCUT2D eigenvalue weighted by Gasteiger charge is 2.17. The Bertz CT molecular complexity index is 1230. The summed E-state index contributed by atoms with van der Waals surface area (Å²) in [6.45, 7) is 3.00. The number of aromatic amines is 1. The van der Waals surface area contributed by atoms with Crippen molar-refractivity contribution >= 4 is 28.2 Å². The van der Waals surface area contributed by atoms with Crippen LogP contribution in [0, 0.1) is 0 Å². The van der Waals surface area contributed by atoms with Gasteiger partial charge in [-0.2, -0.15) is 5.10 Å². The molecule has 1 fully saturated rings. The third kappa shape index (κ3) is 3.60. The van der Waals surface area contributed by atoms with Gasteiger partial charge in [0.05, 0.1) is 16.9 Å². The summed E-state index contributed by atoms with van der Waals surface area (Å²) in [6, 6.07) is 11.3.